The maximum absolute atomic E-state index is 12.0. The summed E-state index contributed by atoms with van der Waals surface area (Å²) in [5.74, 6) is 1.50. The fourth-order valence-corrected chi connectivity index (χ4v) is 3.47. The summed E-state index contributed by atoms with van der Waals surface area (Å²) in [5, 5.41) is 4.08. The number of nitrogens with one attached hydrogen (secondary N) is 1. The SMILES string of the molecule is CCCCCCCCCCCCCC(=O)NN=Cc1cccc(Oc2ccccc2)c1. The van der Waals surface area contributed by atoms with Gasteiger partial charge in [-0.05, 0) is 36.2 Å². The van der Waals surface area contributed by atoms with E-state index in [1.165, 1.54) is 57.8 Å². The van der Waals surface area contributed by atoms with Gasteiger partial charge in [-0.2, -0.15) is 5.10 Å². The van der Waals surface area contributed by atoms with Crippen molar-refractivity contribution in [2.45, 2.75) is 84.0 Å². The number of carbonyl (C=O) groups excluding carboxylic acids is 1. The number of unbranched alkanes of at least 4 members (excludes halogenated alkanes) is 10. The molecule has 0 saturated carbocycles. The van der Waals surface area contributed by atoms with Crippen LogP contribution in [-0.2, 0) is 4.79 Å². The number of hydrogen-bond acceptors (Lipinski definition) is 3. The molecule has 2 aromatic rings. The Kier molecular flexibility index (Phi) is 12.8. The van der Waals surface area contributed by atoms with Gasteiger partial charge in [-0.1, -0.05) is 101 Å². The van der Waals surface area contributed by atoms with E-state index < -0.39 is 0 Å². The van der Waals surface area contributed by atoms with Gasteiger partial charge in [-0.25, -0.2) is 5.43 Å². The zero-order valence-electron chi connectivity index (χ0n) is 19.0. The van der Waals surface area contributed by atoms with E-state index in [1.807, 2.05) is 54.6 Å². The van der Waals surface area contributed by atoms with Gasteiger partial charge >= 0.3 is 0 Å². The van der Waals surface area contributed by atoms with Gasteiger partial charge in [-0.3, -0.25) is 4.79 Å². The number of rotatable bonds is 16. The highest BCUT2D eigenvalue weighted by Gasteiger charge is 2.01. The second-order valence-corrected chi connectivity index (χ2v) is 8.07. The van der Waals surface area contributed by atoms with Crippen molar-refractivity contribution >= 4 is 12.1 Å². The second kappa shape index (κ2) is 16.1. The lowest BCUT2D eigenvalue weighted by atomic mass is 10.1. The third-order valence-corrected chi connectivity index (χ3v) is 5.25. The first-order valence-electron chi connectivity index (χ1n) is 11.9. The average Bonchev–Trinajstić information content (AvgIpc) is 2.78. The zero-order valence-corrected chi connectivity index (χ0v) is 19.0. The summed E-state index contributed by atoms with van der Waals surface area (Å²) in [4.78, 5) is 12.0. The normalized spacial score (nSPS) is 11.0. The molecule has 2 aromatic carbocycles. The number of amides is 1. The molecule has 0 bridgehead atoms. The van der Waals surface area contributed by atoms with Crippen LogP contribution in [0.4, 0.5) is 0 Å². The number of nitrogens with zero attached hydrogens (tertiary/aromatic N) is 1. The van der Waals surface area contributed by atoms with Crippen LogP contribution in [0.1, 0.15) is 89.5 Å². The van der Waals surface area contributed by atoms with Crippen LogP contribution in [0, 0.1) is 0 Å². The summed E-state index contributed by atoms with van der Waals surface area (Å²) >= 11 is 0. The Hall–Kier alpha value is -2.62. The Labute approximate surface area is 188 Å². The molecule has 4 nitrogen and oxygen atoms in total. The third-order valence-electron chi connectivity index (χ3n) is 5.25. The number of ether oxygens (including phenoxy) is 1. The lowest BCUT2D eigenvalue weighted by molar-refractivity contribution is -0.121. The molecule has 0 atom stereocenters. The van der Waals surface area contributed by atoms with Crippen LogP contribution < -0.4 is 10.2 Å². The number of hydrazone groups is 1. The van der Waals surface area contributed by atoms with Crippen molar-refractivity contribution in [2.75, 3.05) is 0 Å². The molecule has 0 aliphatic heterocycles. The molecule has 0 heterocycles. The third kappa shape index (κ3) is 12.0. The molecular weight excluding hydrogens is 384 g/mol. The van der Waals surface area contributed by atoms with E-state index in [0.717, 1.165) is 29.9 Å². The molecule has 0 aromatic heterocycles. The number of benzene rings is 2. The first kappa shape index (κ1) is 24.6. The van der Waals surface area contributed by atoms with E-state index in [9.17, 15) is 4.79 Å². The van der Waals surface area contributed by atoms with Crippen LogP contribution in [0.15, 0.2) is 59.7 Å². The molecule has 168 valence electrons. The van der Waals surface area contributed by atoms with Gasteiger partial charge in [0.05, 0.1) is 6.21 Å². The quantitative estimate of drug-likeness (QED) is 0.172. The van der Waals surface area contributed by atoms with Crippen molar-refractivity contribution in [1.29, 1.82) is 0 Å². The van der Waals surface area contributed by atoms with Crippen molar-refractivity contribution in [3.05, 3.63) is 60.2 Å². The molecule has 1 N–H and O–H groups in total. The summed E-state index contributed by atoms with van der Waals surface area (Å²) in [7, 11) is 0. The maximum Gasteiger partial charge on any atom is 0.240 e. The van der Waals surface area contributed by atoms with E-state index in [-0.39, 0.29) is 5.91 Å². The fourth-order valence-electron chi connectivity index (χ4n) is 3.47. The van der Waals surface area contributed by atoms with E-state index in [4.69, 9.17) is 4.74 Å². The Balaban J connectivity index is 1.54. The molecule has 0 spiro atoms. The summed E-state index contributed by atoms with van der Waals surface area (Å²) in [6.07, 6.45) is 16.3. The van der Waals surface area contributed by atoms with Crippen molar-refractivity contribution in [3.8, 4) is 11.5 Å². The van der Waals surface area contributed by atoms with Gasteiger partial charge < -0.3 is 4.74 Å². The summed E-state index contributed by atoms with van der Waals surface area (Å²) in [5.41, 5.74) is 3.50. The van der Waals surface area contributed by atoms with Gasteiger partial charge in [0.2, 0.25) is 5.91 Å². The minimum atomic E-state index is -0.0242. The van der Waals surface area contributed by atoms with E-state index in [1.54, 1.807) is 6.21 Å². The summed E-state index contributed by atoms with van der Waals surface area (Å²) < 4.78 is 5.82. The number of hydrogen-bond donors (Lipinski definition) is 1. The molecule has 0 aliphatic rings. The van der Waals surface area contributed by atoms with Crippen LogP contribution in [-0.4, -0.2) is 12.1 Å². The van der Waals surface area contributed by atoms with Gasteiger partial charge in [0.1, 0.15) is 11.5 Å². The molecule has 0 fully saturated rings. The number of carbonyl (C=O) groups is 1. The molecule has 2 rings (SSSR count). The molecule has 4 heteroatoms. The van der Waals surface area contributed by atoms with E-state index >= 15 is 0 Å². The van der Waals surface area contributed by atoms with Gasteiger partial charge in [0.25, 0.3) is 0 Å². The molecule has 1 amide bonds. The van der Waals surface area contributed by atoms with Crippen LogP contribution in [0.5, 0.6) is 11.5 Å². The van der Waals surface area contributed by atoms with Crippen LogP contribution in [0.3, 0.4) is 0 Å². The minimum Gasteiger partial charge on any atom is -0.457 e. The van der Waals surface area contributed by atoms with Crippen molar-refractivity contribution in [2.24, 2.45) is 5.10 Å². The smallest absolute Gasteiger partial charge is 0.240 e. The first-order valence-corrected chi connectivity index (χ1v) is 11.9. The van der Waals surface area contributed by atoms with Crippen LogP contribution in [0.25, 0.3) is 0 Å². The Morgan fingerprint density at radius 1 is 0.806 bits per heavy atom. The van der Waals surface area contributed by atoms with Gasteiger partial charge in [-0.15, -0.1) is 0 Å². The fraction of sp³-hybridized carbons (Fsp3) is 0.481. The Morgan fingerprint density at radius 2 is 1.42 bits per heavy atom. The predicted molar refractivity (Wildman–Crippen MR) is 130 cm³/mol. The maximum atomic E-state index is 12.0. The monoisotopic (exact) mass is 422 g/mol. The van der Waals surface area contributed by atoms with E-state index in [0.29, 0.717) is 6.42 Å². The molecule has 31 heavy (non-hydrogen) atoms. The molecule has 0 saturated heterocycles. The van der Waals surface area contributed by atoms with Crippen molar-refractivity contribution in [3.63, 3.8) is 0 Å². The summed E-state index contributed by atoms with van der Waals surface area (Å²) in [6, 6.07) is 17.3. The topological polar surface area (TPSA) is 50.7 Å². The Morgan fingerprint density at radius 3 is 2.10 bits per heavy atom. The van der Waals surface area contributed by atoms with Crippen LogP contribution >= 0.6 is 0 Å². The predicted octanol–water partition coefficient (Wildman–Crippen LogP) is 7.63. The van der Waals surface area contributed by atoms with Crippen molar-refractivity contribution < 1.29 is 9.53 Å². The van der Waals surface area contributed by atoms with Gasteiger partial charge in [0, 0.05) is 6.42 Å². The molecule has 0 unspecified atom stereocenters. The highest BCUT2D eigenvalue weighted by molar-refractivity contribution is 5.82. The molecule has 0 radical (unpaired) electrons. The summed E-state index contributed by atoms with van der Waals surface area (Å²) in [6.45, 7) is 2.26. The highest BCUT2D eigenvalue weighted by atomic mass is 16.5. The lowest BCUT2D eigenvalue weighted by Gasteiger charge is -2.05. The second-order valence-electron chi connectivity index (χ2n) is 8.07. The van der Waals surface area contributed by atoms with Gasteiger partial charge in [0.15, 0.2) is 0 Å². The minimum absolute atomic E-state index is 0.0242. The zero-order chi connectivity index (χ0) is 22.0. The molecule has 0 aliphatic carbocycles. The van der Waals surface area contributed by atoms with E-state index in [2.05, 4.69) is 17.5 Å². The number of para-hydroxylation sites is 1. The lowest BCUT2D eigenvalue weighted by Crippen LogP contribution is -2.16. The van der Waals surface area contributed by atoms with Crippen molar-refractivity contribution in [1.82, 2.24) is 5.43 Å². The molecular formula is C27H38N2O2. The standard InChI is InChI=1S/C27H38N2O2/c1-2-3-4-5-6-7-8-9-10-11-15-21-27(30)29-28-23-24-17-16-20-26(22-24)31-25-18-13-12-14-19-25/h12-14,16-20,22-23H,2-11,15,21H2,1H3,(H,29,30). The Bertz CT molecular complexity index is 759. The van der Waals surface area contributed by atoms with Crippen LogP contribution in [0.2, 0.25) is 0 Å². The first-order chi connectivity index (χ1) is 15.3. The highest BCUT2D eigenvalue weighted by Crippen LogP contribution is 2.21. The largest absolute Gasteiger partial charge is 0.457 e. The average molecular weight is 423 g/mol.